The van der Waals surface area contributed by atoms with E-state index in [1.165, 1.54) is 7.11 Å². The van der Waals surface area contributed by atoms with Crippen LogP contribution in [0, 0.1) is 11.8 Å². The first-order chi connectivity index (χ1) is 16.9. The molecule has 2 heterocycles. The Balaban J connectivity index is 1.61. The van der Waals surface area contributed by atoms with E-state index >= 15 is 0 Å². The molecule has 3 aliphatic rings. The van der Waals surface area contributed by atoms with E-state index in [0.29, 0.717) is 12.8 Å². The summed E-state index contributed by atoms with van der Waals surface area (Å²) in [6.45, 7) is 2.03. The number of carbonyl (C=O) groups excluding carboxylic acids is 1. The third-order valence-corrected chi connectivity index (χ3v) is 8.57. The number of nitrogens with zero attached hydrogens (tertiary/aromatic N) is 3. The number of aliphatic carboxylic acids is 1. The fourth-order valence-corrected chi connectivity index (χ4v) is 6.66. The van der Waals surface area contributed by atoms with Crippen LogP contribution in [-0.2, 0) is 22.4 Å². The van der Waals surface area contributed by atoms with E-state index < -0.39 is 5.97 Å². The summed E-state index contributed by atoms with van der Waals surface area (Å²) in [7, 11) is 1.41. The molecule has 1 aromatic carbocycles. The highest BCUT2D eigenvalue weighted by Crippen LogP contribution is 2.41. The number of hydrogen-bond acceptors (Lipinski definition) is 5. The fourth-order valence-electron chi connectivity index (χ4n) is 6.66. The number of aromatic nitrogens is 2. The number of imidazole rings is 1. The van der Waals surface area contributed by atoms with Crippen LogP contribution in [0.3, 0.4) is 0 Å². The Labute approximate surface area is 206 Å². The molecule has 8 nitrogen and oxygen atoms in total. The second kappa shape index (κ2) is 9.80. The standard InChI is InChI=1S/C27H37N3O5/c1-16-10-11-20-21(29(16)27(34)35-2)12-13-22-25(20)28-24(15-17-6-3-4-9-23(17)31)30(22)19-8-5-7-18(14-19)26(32)33/h12-13,16-19,23,31H,3-11,14-15H2,1-2H3,(H,32,33)/t16-,17?,18?,19?,23?/m0/s1. The van der Waals surface area contributed by atoms with Gasteiger partial charge in [-0.2, -0.15) is 0 Å². The molecule has 2 aliphatic carbocycles. The maximum atomic E-state index is 12.6. The predicted molar refractivity (Wildman–Crippen MR) is 133 cm³/mol. The zero-order valence-electron chi connectivity index (χ0n) is 20.8. The zero-order chi connectivity index (χ0) is 24.7. The molecule has 0 spiro atoms. The lowest BCUT2D eigenvalue weighted by Gasteiger charge is -2.34. The highest BCUT2D eigenvalue weighted by atomic mass is 16.5. The van der Waals surface area contributed by atoms with Gasteiger partial charge in [-0.25, -0.2) is 9.78 Å². The number of carboxylic acids is 1. The van der Waals surface area contributed by atoms with Gasteiger partial charge in [0.25, 0.3) is 0 Å². The van der Waals surface area contributed by atoms with Gasteiger partial charge in [0.2, 0.25) is 0 Å². The molecule has 35 heavy (non-hydrogen) atoms. The van der Waals surface area contributed by atoms with Gasteiger partial charge in [0.1, 0.15) is 5.82 Å². The highest BCUT2D eigenvalue weighted by molar-refractivity contribution is 5.95. The third-order valence-electron chi connectivity index (χ3n) is 8.57. The van der Waals surface area contributed by atoms with Crippen LogP contribution in [0.25, 0.3) is 11.0 Å². The minimum atomic E-state index is -0.719. The first kappa shape index (κ1) is 24.1. The summed E-state index contributed by atoms with van der Waals surface area (Å²) in [5, 5.41) is 20.4. The minimum absolute atomic E-state index is 0.0426. The number of aliphatic hydroxyl groups excluding tert-OH is 1. The predicted octanol–water partition coefficient (Wildman–Crippen LogP) is 4.85. The summed E-state index contributed by atoms with van der Waals surface area (Å²) in [5.41, 5.74) is 3.82. The number of benzene rings is 1. The van der Waals surface area contributed by atoms with Crippen LogP contribution in [0.15, 0.2) is 12.1 Å². The number of aliphatic hydroxyl groups is 1. The molecule has 0 radical (unpaired) electrons. The smallest absolute Gasteiger partial charge is 0.414 e. The minimum Gasteiger partial charge on any atom is -0.481 e. The lowest BCUT2D eigenvalue weighted by Crippen LogP contribution is -2.42. The number of rotatable bonds is 4. The highest BCUT2D eigenvalue weighted by Gasteiger charge is 2.35. The number of ether oxygens (including phenoxy) is 1. The van der Waals surface area contributed by atoms with Gasteiger partial charge in [0, 0.05) is 24.1 Å². The lowest BCUT2D eigenvalue weighted by atomic mass is 9.83. The van der Waals surface area contributed by atoms with Crippen molar-refractivity contribution in [1.82, 2.24) is 9.55 Å². The summed E-state index contributed by atoms with van der Waals surface area (Å²) in [6.07, 6.45) is 8.79. The number of aryl methyl sites for hydroxylation is 1. The Kier molecular flexibility index (Phi) is 6.75. The number of methoxy groups -OCH3 is 1. The maximum absolute atomic E-state index is 12.6. The van der Waals surface area contributed by atoms with Crippen LogP contribution in [0.4, 0.5) is 10.5 Å². The van der Waals surface area contributed by atoms with Gasteiger partial charge in [-0.3, -0.25) is 9.69 Å². The van der Waals surface area contributed by atoms with Crippen molar-refractivity contribution in [1.29, 1.82) is 0 Å². The summed E-state index contributed by atoms with van der Waals surface area (Å²) in [5.74, 6) is 0.0512. The van der Waals surface area contributed by atoms with Crippen molar-refractivity contribution in [3.05, 3.63) is 23.5 Å². The van der Waals surface area contributed by atoms with E-state index in [-0.39, 0.29) is 36.1 Å². The normalized spacial score (nSPS) is 29.1. The van der Waals surface area contributed by atoms with E-state index in [1.807, 2.05) is 19.1 Å². The van der Waals surface area contributed by atoms with Crippen LogP contribution in [0.1, 0.15) is 82.1 Å². The number of anilines is 1. The average Bonchev–Trinajstić information content (AvgIpc) is 3.23. The maximum Gasteiger partial charge on any atom is 0.414 e. The average molecular weight is 484 g/mol. The number of carboxylic acid groups (broad SMARTS) is 1. The third kappa shape index (κ3) is 4.41. The van der Waals surface area contributed by atoms with Gasteiger partial charge in [-0.15, -0.1) is 0 Å². The van der Waals surface area contributed by atoms with E-state index in [4.69, 9.17) is 9.72 Å². The molecule has 2 fully saturated rings. The molecule has 2 N–H and O–H groups in total. The summed E-state index contributed by atoms with van der Waals surface area (Å²) >= 11 is 0. The molecule has 1 aromatic heterocycles. The quantitative estimate of drug-likeness (QED) is 0.644. The lowest BCUT2D eigenvalue weighted by molar-refractivity contribution is -0.143. The molecule has 1 aliphatic heterocycles. The second-order valence-corrected chi connectivity index (χ2v) is 10.7. The summed E-state index contributed by atoms with van der Waals surface area (Å²) in [6, 6.07) is 4.16. The van der Waals surface area contributed by atoms with Crippen LogP contribution in [-0.4, -0.2) is 51.1 Å². The molecule has 190 valence electrons. The Hall–Kier alpha value is -2.61. The molecular formula is C27H37N3O5. The topological polar surface area (TPSA) is 105 Å². The van der Waals surface area contributed by atoms with Crippen molar-refractivity contribution in [2.45, 2.75) is 95.7 Å². The number of hydrogen-bond donors (Lipinski definition) is 2. The van der Waals surface area contributed by atoms with Crippen LogP contribution in [0.5, 0.6) is 0 Å². The summed E-state index contributed by atoms with van der Waals surface area (Å²) in [4.78, 5) is 31.3. The fraction of sp³-hybridized carbons (Fsp3) is 0.667. The molecular weight excluding hydrogens is 446 g/mol. The van der Waals surface area contributed by atoms with Gasteiger partial charge >= 0.3 is 12.1 Å². The van der Waals surface area contributed by atoms with Gasteiger partial charge in [-0.05, 0) is 69.9 Å². The van der Waals surface area contributed by atoms with E-state index in [9.17, 15) is 19.8 Å². The van der Waals surface area contributed by atoms with Crippen LogP contribution in [0.2, 0.25) is 0 Å². The van der Waals surface area contributed by atoms with Crippen molar-refractivity contribution < 1.29 is 24.5 Å². The van der Waals surface area contributed by atoms with Gasteiger partial charge in [0.05, 0.1) is 35.9 Å². The Morgan fingerprint density at radius 2 is 1.91 bits per heavy atom. The van der Waals surface area contributed by atoms with Crippen molar-refractivity contribution in [3.8, 4) is 0 Å². The molecule has 0 saturated heterocycles. The molecule has 0 bridgehead atoms. The van der Waals surface area contributed by atoms with Crippen molar-refractivity contribution >= 4 is 28.8 Å². The second-order valence-electron chi connectivity index (χ2n) is 10.7. The van der Waals surface area contributed by atoms with Crippen LogP contribution >= 0.6 is 0 Å². The SMILES string of the molecule is COC(=O)N1c2ccc3c(nc(CC4CCCCC4O)n3C3CCCC(C(=O)O)C3)c2CC[C@@H]1C. The molecule has 2 saturated carbocycles. The first-order valence-electron chi connectivity index (χ1n) is 13.2. The largest absolute Gasteiger partial charge is 0.481 e. The molecule has 2 aromatic rings. The Morgan fingerprint density at radius 3 is 2.66 bits per heavy atom. The zero-order valence-corrected chi connectivity index (χ0v) is 20.8. The van der Waals surface area contributed by atoms with E-state index in [0.717, 1.165) is 85.9 Å². The van der Waals surface area contributed by atoms with E-state index in [2.05, 4.69) is 4.57 Å². The van der Waals surface area contributed by atoms with Crippen molar-refractivity contribution in [2.75, 3.05) is 12.0 Å². The molecule has 5 rings (SSSR count). The van der Waals surface area contributed by atoms with Gasteiger partial charge in [0.15, 0.2) is 0 Å². The Morgan fingerprint density at radius 1 is 1.11 bits per heavy atom. The van der Waals surface area contributed by atoms with Gasteiger partial charge < -0.3 is 19.5 Å². The number of carbonyl (C=O) groups is 2. The first-order valence-corrected chi connectivity index (χ1v) is 13.2. The molecule has 4 unspecified atom stereocenters. The summed E-state index contributed by atoms with van der Waals surface area (Å²) < 4.78 is 7.36. The molecule has 1 amide bonds. The number of fused-ring (bicyclic) bond motifs is 3. The van der Waals surface area contributed by atoms with Gasteiger partial charge in [-0.1, -0.05) is 19.3 Å². The van der Waals surface area contributed by atoms with E-state index in [1.54, 1.807) is 4.90 Å². The van der Waals surface area contributed by atoms with Crippen molar-refractivity contribution in [3.63, 3.8) is 0 Å². The monoisotopic (exact) mass is 483 g/mol. The van der Waals surface area contributed by atoms with Crippen molar-refractivity contribution in [2.24, 2.45) is 11.8 Å². The molecule has 8 heteroatoms. The number of amides is 1. The van der Waals surface area contributed by atoms with Crippen LogP contribution < -0.4 is 4.90 Å². The molecule has 5 atom stereocenters. The Bertz CT molecular complexity index is 1110.